The Bertz CT molecular complexity index is 620. The first-order valence-electron chi connectivity index (χ1n) is 7.73. The first-order chi connectivity index (χ1) is 10.2. The van der Waals surface area contributed by atoms with Crippen molar-refractivity contribution in [3.05, 3.63) is 40.4 Å². The van der Waals surface area contributed by atoms with Crippen LogP contribution in [0.2, 0.25) is 0 Å². The SMILES string of the molecule is CCNC1CCCc2sc(N(C)c3ccccc3C)nc21. The zero-order chi connectivity index (χ0) is 14.8. The molecule has 21 heavy (non-hydrogen) atoms. The Hall–Kier alpha value is -1.39. The van der Waals surface area contributed by atoms with Crippen molar-refractivity contribution in [1.82, 2.24) is 10.3 Å². The zero-order valence-corrected chi connectivity index (χ0v) is 13.8. The average Bonchev–Trinajstić information content (AvgIpc) is 2.92. The first kappa shape index (κ1) is 14.5. The lowest BCUT2D eigenvalue weighted by Crippen LogP contribution is -2.24. The summed E-state index contributed by atoms with van der Waals surface area (Å²) in [4.78, 5) is 8.63. The summed E-state index contributed by atoms with van der Waals surface area (Å²) >= 11 is 1.85. The van der Waals surface area contributed by atoms with Crippen molar-refractivity contribution in [3.63, 3.8) is 0 Å². The Morgan fingerprint density at radius 3 is 2.95 bits per heavy atom. The maximum Gasteiger partial charge on any atom is 0.190 e. The molecule has 0 saturated heterocycles. The van der Waals surface area contributed by atoms with Crippen LogP contribution in [0.1, 0.15) is 41.9 Å². The highest BCUT2D eigenvalue weighted by atomic mass is 32.1. The monoisotopic (exact) mass is 301 g/mol. The summed E-state index contributed by atoms with van der Waals surface area (Å²) in [5.41, 5.74) is 3.81. The Labute approximate surface area is 131 Å². The van der Waals surface area contributed by atoms with Gasteiger partial charge in [0, 0.05) is 17.6 Å². The van der Waals surface area contributed by atoms with E-state index in [0.717, 1.165) is 11.7 Å². The Morgan fingerprint density at radius 1 is 1.38 bits per heavy atom. The first-order valence-corrected chi connectivity index (χ1v) is 8.54. The molecule has 1 unspecified atom stereocenters. The van der Waals surface area contributed by atoms with E-state index in [0.29, 0.717) is 6.04 Å². The van der Waals surface area contributed by atoms with Crippen molar-refractivity contribution in [2.75, 3.05) is 18.5 Å². The van der Waals surface area contributed by atoms with Crippen LogP contribution in [0.3, 0.4) is 0 Å². The molecule has 0 fully saturated rings. The number of nitrogens with zero attached hydrogens (tertiary/aromatic N) is 2. The zero-order valence-electron chi connectivity index (χ0n) is 13.0. The molecule has 112 valence electrons. The molecule has 2 aromatic rings. The molecule has 1 aliphatic rings. The Balaban J connectivity index is 1.92. The molecule has 1 aliphatic carbocycles. The molecular formula is C17H23N3S. The standard InChI is InChI=1S/C17H23N3S/c1-4-18-13-9-7-11-15-16(13)19-17(21-15)20(3)14-10-6-5-8-12(14)2/h5-6,8,10,13,18H,4,7,9,11H2,1-3H3. The van der Waals surface area contributed by atoms with Gasteiger partial charge < -0.3 is 10.2 Å². The van der Waals surface area contributed by atoms with Crippen molar-refractivity contribution >= 4 is 22.2 Å². The van der Waals surface area contributed by atoms with E-state index in [1.165, 1.54) is 41.1 Å². The topological polar surface area (TPSA) is 28.2 Å². The summed E-state index contributed by atoms with van der Waals surface area (Å²) in [5, 5.41) is 4.68. The summed E-state index contributed by atoms with van der Waals surface area (Å²) in [7, 11) is 2.12. The molecule has 1 aromatic carbocycles. The van der Waals surface area contributed by atoms with E-state index in [4.69, 9.17) is 4.98 Å². The molecule has 0 aliphatic heterocycles. The molecule has 3 rings (SSSR count). The minimum absolute atomic E-state index is 0.439. The van der Waals surface area contributed by atoms with Gasteiger partial charge in [0.25, 0.3) is 0 Å². The lowest BCUT2D eigenvalue weighted by atomic mass is 9.98. The van der Waals surface area contributed by atoms with Gasteiger partial charge in [-0.15, -0.1) is 11.3 Å². The highest BCUT2D eigenvalue weighted by molar-refractivity contribution is 7.15. The Kier molecular flexibility index (Phi) is 4.27. The van der Waals surface area contributed by atoms with Gasteiger partial charge in [0.15, 0.2) is 5.13 Å². The molecule has 1 atom stereocenters. The van der Waals surface area contributed by atoms with Gasteiger partial charge in [0.1, 0.15) is 0 Å². The predicted octanol–water partition coefficient (Wildman–Crippen LogP) is 4.21. The van der Waals surface area contributed by atoms with E-state index < -0.39 is 0 Å². The number of hydrogen-bond acceptors (Lipinski definition) is 4. The van der Waals surface area contributed by atoms with Crippen LogP contribution in [-0.2, 0) is 6.42 Å². The van der Waals surface area contributed by atoms with E-state index in [2.05, 4.69) is 55.4 Å². The maximum absolute atomic E-state index is 4.95. The molecule has 1 aromatic heterocycles. The van der Waals surface area contributed by atoms with Crippen LogP contribution in [0.4, 0.5) is 10.8 Å². The van der Waals surface area contributed by atoms with Gasteiger partial charge in [-0.1, -0.05) is 25.1 Å². The number of benzene rings is 1. The molecule has 0 bridgehead atoms. The third kappa shape index (κ3) is 2.83. The van der Waals surface area contributed by atoms with E-state index in [9.17, 15) is 0 Å². The lowest BCUT2D eigenvalue weighted by molar-refractivity contribution is 0.465. The smallest absolute Gasteiger partial charge is 0.190 e. The number of rotatable bonds is 4. The molecule has 0 spiro atoms. The third-order valence-corrected chi connectivity index (χ3v) is 5.36. The fourth-order valence-corrected chi connectivity index (χ4v) is 4.18. The highest BCUT2D eigenvalue weighted by Crippen LogP contribution is 2.38. The third-order valence-electron chi connectivity index (χ3n) is 4.16. The second-order valence-corrected chi connectivity index (χ2v) is 6.71. The summed E-state index contributed by atoms with van der Waals surface area (Å²) in [6.07, 6.45) is 3.65. The second kappa shape index (κ2) is 6.16. The van der Waals surface area contributed by atoms with Gasteiger partial charge in [0.2, 0.25) is 0 Å². The van der Waals surface area contributed by atoms with Crippen molar-refractivity contribution in [2.24, 2.45) is 0 Å². The fraction of sp³-hybridized carbons (Fsp3) is 0.471. The van der Waals surface area contributed by atoms with Gasteiger partial charge in [-0.25, -0.2) is 4.98 Å². The van der Waals surface area contributed by atoms with Crippen molar-refractivity contribution < 1.29 is 0 Å². The minimum atomic E-state index is 0.439. The maximum atomic E-state index is 4.95. The van der Waals surface area contributed by atoms with Crippen LogP contribution in [0.25, 0.3) is 0 Å². The van der Waals surface area contributed by atoms with Gasteiger partial charge in [0.05, 0.1) is 11.7 Å². The van der Waals surface area contributed by atoms with Gasteiger partial charge in [-0.2, -0.15) is 0 Å². The highest BCUT2D eigenvalue weighted by Gasteiger charge is 2.25. The normalized spacial score (nSPS) is 17.6. The summed E-state index contributed by atoms with van der Waals surface area (Å²) in [6.45, 7) is 5.33. The van der Waals surface area contributed by atoms with Crippen LogP contribution in [-0.4, -0.2) is 18.6 Å². The van der Waals surface area contributed by atoms with Crippen LogP contribution in [0.15, 0.2) is 24.3 Å². The largest absolute Gasteiger partial charge is 0.321 e. The van der Waals surface area contributed by atoms with E-state index in [1.54, 1.807) is 0 Å². The van der Waals surface area contributed by atoms with Crippen LogP contribution < -0.4 is 10.2 Å². The number of fused-ring (bicyclic) bond motifs is 1. The van der Waals surface area contributed by atoms with Gasteiger partial charge in [-0.3, -0.25) is 0 Å². The number of aromatic nitrogens is 1. The minimum Gasteiger partial charge on any atom is -0.321 e. The van der Waals surface area contributed by atoms with E-state index in [-0.39, 0.29) is 0 Å². The van der Waals surface area contributed by atoms with Crippen LogP contribution >= 0.6 is 11.3 Å². The molecule has 0 radical (unpaired) electrons. The quantitative estimate of drug-likeness (QED) is 0.917. The van der Waals surface area contributed by atoms with Crippen molar-refractivity contribution in [2.45, 2.75) is 39.2 Å². The number of para-hydroxylation sites is 1. The fourth-order valence-electron chi connectivity index (χ4n) is 3.04. The van der Waals surface area contributed by atoms with Gasteiger partial charge >= 0.3 is 0 Å². The number of anilines is 2. The Morgan fingerprint density at radius 2 is 2.19 bits per heavy atom. The van der Waals surface area contributed by atoms with Crippen molar-refractivity contribution in [1.29, 1.82) is 0 Å². The molecular weight excluding hydrogens is 278 g/mol. The summed E-state index contributed by atoms with van der Waals surface area (Å²) in [5.74, 6) is 0. The molecule has 3 nitrogen and oxygen atoms in total. The number of nitrogens with one attached hydrogen (secondary N) is 1. The molecule has 4 heteroatoms. The molecule has 0 amide bonds. The summed E-state index contributed by atoms with van der Waals surface area (Å²) < 4.78 is 0. The van der Waals surface area contributed by atoms with E-state index in [1.807, 2.05) is 11.3 Å². The summed E-state index contributed by atoms with van der Waals surface area (Å²) in [6, 6.07) is 8.93. The lowest BCUT2D eigenvalue weighted by Gasteiger charge is -2.21. The van der Waals surface area contributed by atoms with Crippen LogP contribution in [0, 0.1) is 6.92 Å². The average molecular weight is 301 g/mol. The molecule has 1 heterocycles. The second-order valence-electron chi connectivity index (χ2n) is 5.65. The number of thiazole rings is 1. The van der Waals surface area contributed by atoms with Gasteiger partial charge in [-0.05, 0) is 44.4 Å². The molecule has 0 saturated carbocycles. The number of hydrogen-bond donors (Lipinski definition) is 1. The van der Waals surface area contributed by atoms with Crippen molar-refractivity contribution in [3.8, 4) is 0 Å². The van der Waals surface area contributed by atoms with Crippen LogP contribution in [0.5, 0.6) is 0 Å². The predicted molar refractivity (Wildman–Crippen MR) is 90.7 cm³/mol. The molecule has 1 N–H and O–H groups in total. The van der Waals surface area contributed by atoms with E-state index >= 15 is 0 Å². The number of aryl methyl sites for hydroxylation is 2.